The number of rotatable bonds is 4. The number of hydrogen-bond donors (Lipinski definition) is 1. The SMILES string of the molecule is CCC(c1ccc(Cl)c(Cl)c1)n1c(-c2ccccc2)cnc1S. The van der Waals surface area contributed by atoms with Crippen molar-refractivity contribution in [2.75, 3.05) is 0 Å². The smallest absolute Gasteiger partial charge is 0.165 e. The molecule has 3 rings (SSSR count). The standard InChI is InChI=1S/C18H16Cl2N2S/c1-2-16(13-8-9-14(19)15(20)10-13)22-17(11-21-18(22)23)12-6-4-3-5-7-12/h3-11,16H,2H2,1H3,(H,21,23). The first kappa shape index (κ1) is 16.4. The molecule has 2 nitrogen and oxygen atoms in total. The molecular formula is C18H16Cl2N2S. The first-order chi connectivity index (χ1) is 11.1. The van der Waals surface area contributed by atoms with Crippen molar-refractivity contribution < 1.29 is 0 Å². The molecule has 0 spiro atoms. The maximum Gasteiger partial charge on any atom is 0.165 e. The minimum atomic E-state index is 0.0926. The Morgan fingerprint density at radius 2 is 1.83 bits per heavy atom. The van der Waals surface area contributed by atoms with E-state index in [-0.39, 0.29) is 6.04 Å². The Morgan fingerprint density at radius 1 is 1.09 bits per heavy atom. The molecule has 0 saturated carbocycles. The average molecular weight is 363 g/mol. The van der Waals surface area contributed by atoms with Gasteiger partial charge in [-0.1, -0.05) is 66.5 Å². The summed E-state index contributed by atoms with van der Waals surface area (Å²) in [5, 5.41) is 1.80. The van der Waals surface area contributed by atoms with E-state index >= 15 is 0 Å². The Labute approximate surface area is 151 Å². The van der Waals surface area contributed by atoms with Gasteiger partial charge in [0.25, 0.3) is 0 Å². The van der Waals surface area contributed by atoms with Crippen molar-refractivity contribution in [1.29, 1.82) is 0 Å². The molecule has 0 N–H and O–H groups in total. The van der Waals surface area contributed by atoms with E-state index in [1.165, 1.54) is 0 Å². The van der Waals surface area contributed by atoms with Gasteiger partial charge in [-0.3, -0.25) is 0 Å². The molecule has 0 saturated heterocycles. The molecule has 2 aromatic carbocycles. The van der Waals surface area contributed by atoms with E-state index in [2.05, 4.69) is 41.2 Å². The van der Waals surface area contributed by atoms with Crippen molar-refractivity contribution >= 4 is 35.8 Å². The number of benzene rings is 2. The molecule has 1 heterocycles. The van der Waals surface area contributed by atoms with Crippen molar-refractivity contribution in [1.82, 2.24) is 9.55 Å². The number of halogens is 2. The molecule has 0 aliphatic carbocycles. The fraction of sp³-hybridized carbons (Fsp3) is 0.167. The van der Waals surface area contributed by atoms with Crippen LogP contribution in [0.1, 0.15) is 24.9 Å². The first-order valence-electron chi connectivity index (χ1n) is 7.38. The lowest BCUT2D eigenvalue weighted by molar-refractivity contribution is 0.530. The van der Waals surface area contributed by atoms with Crippen molar-refractivity contribution in [3.63, 3.8) is 0 Å². The van der Waals surface area contributed by atoms with Crippen molar-refractivity contribution in [3.8, 4) is 11.3 Å². The van der Waals surface area contributed by atoms with Gasteiger partial charge >= 0.3 is 0 Å². The second kappa shape index (κ2) is 7.00. The van der Waals surface area contributed by atoms with Gasteiger partial charge in [0.1, 0.15) is 0 Å². The molecule has 0 amide bonds. The fourth-order valence-electron chi connectivity index (χ4n) is 2.77. The van der Waals surface area contributed by atoms with Crippen LogP contribution < -0.4 is 0 Å². The third-order valence-corrected chi connectivity index (χ3v) is 4.94. The van der Waals surface area contributed by atoms with Crippen LogP contribution in [0.2, 0.25) is 10.0 Å². The zero-order valence-corrected chi connectivity index (χ0v) is 15.0. The predicted octanol–water partition coefficient (Wildman–Crippen LogP) is 6.15. The van der Waals surface area contributed by atoms with Gasteiger partial charge < -0.3 is 4.57 Å². The summed E-state index contributed by atoms with van der Waals surface area (Å²) in [7, 11) is 0. The highest BCUT2D eigenvalue weighted by Crippen LogP contribution is 2.34. The molecule has 23 heavy (non-hydrogen) atoms. The van der Waals surface area contributed by atoms with Gasteiger partial charge in [-0.2, -0.15) is 0 Å². The molecule has 3 aromatic rings. The Morgan fingerprint density at radius 3 is 2.48 bits per heavy atom. The lowest BCUT2D eigenvalue weighted by Crippen LogP contribution is -2.11. The number of hydrogen-bond acceptors (Lipinski definition) is 2. The van der Waals surface area contributed by atoms with E-state index in [0.717, 1.165) is 23.2 Å². The van der Waals surface area contributed by atoms with Crippen LogP contribution in [-0.2, 0) is 0 Å². The minimum absolute atomic E-state index is 0.0926. The maximum atomic E-state index is 6.20. The lowest BCUT2D eigenvalue weighted by Gasteiger charge is -2.22. The minimum Gasteiger partial charge on any atom is -0.312 e. The fourth-order valence-corrected chi connectivity index (χ4v) is 3.38. The van der Waals surface area contributed by atoms with Crippen molar-refractivity contribution in [3.05, 3.63) is 70.3 Å². The van der Waals surface area contributed by atoms with Gasteiger partial charge in [-0.15, -0.1) is 12.6 Å². The average Bonchev–Trinajstić information content (AvgIpc) is 2.94. The highest BCUT2D eigenvalue weighted by molar-refractivity contribution is 7.80. The van der Waals surface area contributed by atoms with E-state index in [1.54, 1.807) is 0 Å². The van der Waals surface area contributed by atoms with Gasteiger partial charge in [0.05, 0.1) is 28.0 Å². The maximum absolute atomic E-state index is 6.20. The van der Waals surface area contributed by atoms with E-state index in [4.69, 9.17) is 23.2 Å². The third-order valence-electron chi connectivity index (χ3n) is 3.87. The van der Waals surface area contributed by atoms with Crippen molar-refractivity contribution in [2.24, 2.45) is 0 Å². The monoisotopic (exact) mass is 362 g/mol. The number of aromatic nitrogens is 2. The second-order valence-corrected chi connectivity index (χ2v) is 6.49. The van der Waals surface area contributed by atoms with Crippen LogP contribution in [0.3, 0.4) is 0 Å². The molecule has 1 aromatic heterocycles. The van der Waals surface area contributed by atoms with E-state index in [9.17, 15) is 0 Å². The van der Waals surface area contributed by atoms with Gasteiger partial charge in [-0.25, -0.2) is 4.98 Å². The van der Waals surface area contributed by atoms with Crippen LogP contribution in [0.4, 0.5) is 0 Å². The lowest BCUT2D eigenvalue weighted by atomic mass is 10.0. The van der Waals surface area contributed by atoms with Crippen LogP contribution in [0.25, 0.3) is 11.3 Å². The molecule has 0 fully saturated rings. The van der Waals surface area contributed by atoms with Crippen LogP contribution in [0.5, 0.6) is 0 Å². The first-order valence-corrected chi connectivity index (χ1v) is 8.58. The Balaban J connectivity index is 2.12. The molecule has 1 atom stereocenters. The van der Waals surface area contributed by atoms with Gasteiger partial charge in [0.15, 0.2) is 5.16 Å². The van der Waals surface area contributed by atoms with E-state index in [1.807, 2.05) is 42.6 Å². The van der Waals surface area contributed by atoms with E-state index < -0.39 is 0 Å². The summed E-state index contributed by atoms with van der Waals surface area (Å²) >= 11 is 16.8. The van der Waals surface area contributed by atoms with Crippen molar-refractivity contribution in [2.45, 2.75) is 24.5 Å². The van der Waals surface area contributed by atoms with Crippen LogP contribution in [0, 0.1) is 0 Å². The van der Waals surface area contributed by atoms with Gasteiger partial charge in [-0.05, 0) is 29.7 Å². The summed E-state index contributed by atoms with van der Waals surface area (Å²) in [6.07, 6.45) is 2.75. The van der Waals surface area contributed by atoms with Crippen LogP contribution in [0.15, 0.2) is 59.9 Å². The molecule has 0 aliphatic heterocycles. The Kier molecular flexibility index (Phi) is 5.00. The van der Waals surface area contributed by atoms with Gasteiger partial charge in [0.2, 0.25) is 0 Å². The largest absolute Gasteiger partial charge is 0.312 e. The Hall–Kier alpha value is -1.42. The second-order valence-electron chi connectivity index (χ2n) is 5.28. The van der Waals surface area contributed by atoms with Gasteiger partial charge in [0, 0.05) is 0 Å². The summed E-state index contributed by atoms with van der Waals surface area (Å²) in [6, 6.07) is 16.0. The summed E-state index contributed by atoms with van der Waals surface area (Å²) in [5.41, 5.74) is 3.24. The van der Waals surface area contributed by atoms with Crippen LogP contribution >= 0.6 is 35.8 Å². The quantitative estimate of drug-likeness (QED) is 0.551. The number of thiol groups is 1. The molecule has 5 heteroatoms. The highest BCUT2D eigenvalue weighted by Gasteiger charge is 2.19. The number of nitrogens with zero attached hydrogens (tertiary/aromatic N) is 2. The molecule has 0 bridgehead atoms. The van der Waals surface area contributed by atoms with E-state index in [0.29, 0.717) is 15.2 Å². The van der Waals surface area contributed by atoms with Crippen LogP contribution in [-0.4, -0.2) is 9.55 Å². The predicted molar refractivity (Wildman–Crippen MR) is 99.8 cm³/mol. The third kappa shape index (κ3) is 3.27. The molecule has 118 valence electrons. The number of imidazole rings is 1. The summed E-state index contributed by atoms with van der Waals surface area (Å²) in [6.45, 7) is 2.13. The Bertz CT molecular complexity index is 815. The topological polar surface area (TPSA) is 17.8 Å². The normalized spacial score (nSPS) is 12.3. The molecule has 0 radical (unpaired) electrons. The summed E-state index contributed by atoms with van der Waals surface area (Å²) in [5.74, 6) is 0. The zero-order valence-electron chi connectivity index (χ0n) is 12.6. The summed E-state index contributed by atoms with van der Waals surface area (Å²) < 4.78 is 2.14. The molecular weight excluding hydrogens is 347 g/mol. The zero-order chi connectivity index (χ0) is 16.4. The molecule has 1 unspecified atom stereocenters. The highest BCUT2D eigenvalue weighted by atomic mass is 35.5. The molecule has 0 aliphatic rings. The summed E-state index contributed by atoms with van der Waals surface area (Å²) in [4.78, 5) is 4.40.